The van der Waals surface area contributed by atoms with Gasteiger partial charge in [-0.1, -0.05) is 12.8 Å². The topological polar surface area (TPSA) is 82.8 Å². The molecule has 20 heavy (non-hydrogen) atoms. The highest BCUT2D eigenvalue weighted by Crippen LogP contribution is 2.38. The molecule has 1 aliphatic carbocycles. The number of nitrogens with two attached hydrogens (primary N) is 2. The minimum atomic E-state index is 0.560. The third-order valence-electron chi connectivity index (χ3n) is 4.51. The fraction of sp³-hybridized carbons (Fsp3) is 0.600. The summed E-state index contributed by atoms with van der Waals surface area (Å²) in [6, 6.07) is 2.59. The van der Waals surface area contributed by atoms with Gasteiger partial charge in [-0.25, -0.2) is 9.97 Å². The highest BCUT2D eigenvalue weighted by Gasteiger charge is 2.26. The Labute approximate surface area is 119 Å². The quantitative estimate of drug-likeness (QED) is 0.820. The van der Waals surface area contributed by atoms with Crippen LogP contribution in [0.5, 0.6) is 0 Å². The molecule has 3 rings (SSSR count). The number of hydrogen-bond acceptors (Lipinski definition) is 4. The van der Waals surface area contributed by atoms with E-state index in [2.05, 4.69) is 20.7 Å². The number of unbranched alkanes of at least 4 members (excludes halogenated alkanes) is 1. The maximum absolute atomic E-state index is 5.90. The van der Waals surface area contributed by atoms with E-state index < -0.39 is 0 Å². The molecule has 2 aromatic rings. The molecule has 2 aromatic heterocycles. The van der Waals surface area contributed by atoms with Crippen LogP contribution in [0.1, 0.15) is 44.6 Å². The Bertz CT molecular complexity index is 577. The van der Waals surface area contributed by atoms with E-state index in [0.29, 0.717) is 11.9 Å². The van der Waals surface area contributed by atoms with Crippen LogP contribution < -0.4 is 11.5 Å². The van der Waals surface area contributed by atoms with Crippen LogP contribution >= 0.6 is 0 Å². The molecule has 2 heterocycles. The van der Waals surface area contributed by atoms with Crippen molar-refractivity contribution in [1.82, 2.24) is 14.5 Å². The molecule has 0 bridgehead atoms. The predicted octanol–water partition coefficient (Wildman–Crippen LogP) is 2.48. The van der Waals surface area contributed by atoms with E-state index in [1.807, 2.05) is 6.07 Å². The number of aromatic nitrogens is 3. The van der Waals surface area contributed by atoms with Crippen molar-refractivity contribution in [1.29, 1.82) is 0 Å². The van der Waals surface area contributed by atoms with Crippen LogP contribution in [-0.2, 0) is 0 Å². The molecule has 5 heteroatoms. The van der Waals surface area contributed by atoms with Gasteiger partial charge >= 0.3 is 0 Å². The van der Waals surface area contributed by atoms with E-state index in [1.54, 1.807) is 6.33 Å². The van der Waals surface area contributed by atoms with Gasteiger partial charge in [0, 0.05) is 12.2 Å². The normalized spacial score (nSPS) is 22.6. The van der Waals surface area contributed by atoms with Crippen LogP contribution in [0.2, 0.25) is 0 Å². The van der Waals surface area contributed by atoms with Crippen LogP contribution in [0.25, 0.3) is 11.0 Å². The summed E-state index contributed by atoms with van der Waals surface area (Å²) in [5, 5.41) is 0.971. The number of hydrogen-bond donors (Lipinski definition) is 2. The van der Waals surface area contributed by atoms with E-state index >= 15 is 0 Å². The van der Waals surface area contributed by atoms with Crippen LogP contribution in [0.3, 0.4) is 0 Å². The lowest BCUT2D eigenvalue weighted by atomic mass is 10.0. The molecule has 4 N–H and O–H groups in total. The third kappa shape index (κ3) is 2.50. The maximum Gasteiger partial charge on any atom is 0.145 e. The Morgan fingerprint density at radius 3 is 3.00 bits per heavy atom. The summed E-state index contributed by atoms with van der Waals surface area (Å²) in [6.45, 7) is 0.814. The van der Waals surface area contributed by atoms with Crippen LogP contribution in [0.4, 0.5) is 5.82 Å². The van der Waals surface area contributed by atoms with Gasteiger partial charge in [0.1, 0.15) is 17.8 Å². The summed E-state index contributed by atoms with van der Waals surface area (Å²) in [5.41, 5.74) is 12.4. The summed E-state index contributed by atoms with van der Waals surface area (Å²) >= 11 is 0. The fourth-order valence-electron chi connectivity index (χ4n) is 3.43. The van der Waals surface area contributed by atoms with Crippen molar-refractivity contribution in [2.75, 3.05) is 12.3 Å². The van der Waals surface area contributed by atoms with Crippen LogP contribution in [0, 0.1) is 5.92 Å². The highest BCUT2D eigenvalue weighted by atomic mass is 15.1. The van der Waals surface area contributed by atoms with Crippen molar-refractivity contribution in [3.8, 4) is 0 Å². The summed E-state index contributed by atoms with van der Waals surface area (Å²) in [6.07, 6.45) is 11.2. The molecule has 0 saturated heterocycles. The molecule has 0 amide bonds. The second kappa shape index (κ2) is 5.79. The van der Waals surface area contributed by atoms with Crippen molar-refractivity contribution >= 4 is 16.9 Å². The second-order valence-corrected chi connectivity index (χ2v) is 5.84. The summed E-state index contributed by atoms with van der Waals surface area (Å²) in [4.78, 5) is 8.46. The molecule has 0 aromatic carbocycles. The standard InChI is InChI=1S/C15H23N5/c16-7-2-1-3-11-4-5-12(9-11)20-8-6-13-14(17)18-10-19-15(13)20/h6,8,10-12H,1-5,7,9,16H2,(H2,17,18,19). The van der Waals surface area contributed by atoms with E-state index in [1.165, 1.54) is 32.1 Å². The number of nitrogen functional groups attached to an aromatic ring is 1. The minimum absolute atomic E-state index is 0.560. The fourth-order valence-corrected chi connectivity index (χ4v) is 3.43. The molecule has 1 fully saturated rings. The monoisotopic (exact) mass is 273 g/mol. The molecule has 0 spiro atoms. The lowest BCUT2D eigenvalue weighted by Gasteiger charge is -2.14. The lowest BCUT2D eigenvalue weighted by Crippen LogP contribution is -2.06. The third-order valence-corrected chi connectivity index (χ3v) is 4.51. The Morgan fingerprint density at radius 1 is 1.25 bits per heavy atom. The molecular formula is C15H23N5. The molecular weight excluding hydrogens is 250 g/mol. The van der Waals surface area contributed by atoms with Gasteiger partial charge in [-0.3, -0.25) is 0 Å². The zero-order chi connectivity index (χ0) is 13.9. The Morgan fingerprint density at radius 2 is 2.15 bits per heavy atom. The highest BCUT2D eigenvalue weighted by molar-refractivity contribution is 5.86. The molecule has 0 radical (unpaired) electrons. The SMILES string of the molecule is NCCCCC1CCC(n2ccc3c(N)ncnc32)C1. The molecule has 1 aliphatic rings. The minimum Gasteiger partial charge on any atom is -0.383 e. The number of anilines is 1. The van der Waals surface area contributed by atoms with Gasteiger partial charge < -0.3 is 16.0 Å². The van der Waals surface area contributed by atoms with Gasteiger partial charge in [-0.15, -0.1) is 0 Å². The average molecular weight is 273 g/mol. The maximum atomic E-state index is 5.90. The first-order valence-corrected chi connectivity index (χ1v) is 7.56. The van der Waals surface area contributed by atoms with Gasteiger partial charge in [0.2, 0.25) is 0 Å². The zero-order valence-corrected chi connectivity index (χ0v) is 11.8. The Kier molecular flexibility index (Phi) is 3.87. The van der Waals surface area contributed by atoms with Crippen LogP contribution in [-0.4, -0.2) is 21.1 Å². The number of rotatable bonds is 5. The van der Waals surface area contributed by atoms with Crippen molar-refractivity contribution < 1.29 is 0 Å². The summed E-state index contributed by atoms with van der Waals surface area (Å²) < 4.78 is 2.29. The lowest BCUT2D eigenvalue weighted by molar-refractivity contribution is 0.444. The van der Waals surface area contributed by atoms with Gasteiger partial charge in [0.05, 0.1) is 5.39 Å². The number of fused-ring (bicyclic) bond motifs is 1. The molecule has 108 valence electrons. The molecule has 5 nitrogen and oxygen atoms in total. The number of nitrogens with zero attached hydrogens (tertiary/aromatic N) is 3. The molecule has 2 atom stereocenters. The zero-order valence-electron chi connectivity index (χ0n) is 11.8. The first-order valence-electron chi connectivity index (χ1n) is 7.56. The first kappa shape index (κ1) is 13.4. The van der Waals surface area contributed by atoms with E-state index in [0.717, 1.165) is 29.9 Å². The van der Waals surface area contributed by atoms with Crippen molar-refractivity contribution in [3.05, 3.63) is 18.6 Å². The summed E-state index contributed by atoms with van der Waals surface area (Å²) in [7, 11) is 0. The Hall–Kier alpha value is -1.62. The smallest absolute Gasteiger partial charge is 0.145 e. The van der Waals surface area contributed by atoms with Crippen LogP contribution in [0.15, 0.2) is 18.6 Å². The van der Waals surface area contributed by atoms with E-state index in [4.69, 9.17) is 11.5 Å². The second-order valence-electron chi connectivity index (χ2n) is 5.84. The largest absolute Gasteiger partial charge is 0.383 e. The molecule has 2 unspecified atom stereocenters. The average Bonchev–Trinajstić information content (AvgIpc) is 3.06. The van der Waals surface area contributed by atoms with Gasteiger partial charge in [0.25, 0.3) is 0 Å². The van der Waals surface area contributed by atoms with Gasteiger partial charge in [0.15, 0.2) is 0 Å². The van der Waals surface area contributed by atoms with E-state index in [9.17, 15) is 0 Å². The predicted molar refractivity (Wildman–Crippen MR) is 81.2 cm³/mol. The molecule has 1 saturated carbocycles. The van der Waals surface area contributed by atoms with Gasteiger partial charge in [-0.05, 0) is 44.2 Å². The van der Waals surface area contributed by atoms with Crippen molar-refractivity contribution in [3.63, 3.8) is 0 Å². The summed E-state index contributed by atoms with van der Waals surface area (Å²) in [5.74, 6) is 1.41. The van der Waals surface area contributed by atoms with E-state index in [-0.39, 0.29) is 0 Å². The molecule has 0 aliphatic heterocycles. The van der Waals surface area contributed by atoms with Gasteiger partial charge in [-0.2, -0.15) is 0 Å². The Balaban J connectivity index is 1.72. The first-order chi connectivity index (χ1) is 9.79. The van der Waals surface area contributed by atoms with Crippen molar-refractivity contribution in [2.45, 2.75) is 44.6 Å². The van der Waals surface area contributed by atoms with Crippen molar-refractivity contribution in [2.24, 2.45) is 11.7 Å².